The number of aldehydes is 1. The highest BCUT2D eigenvalue weighted by Gasteiger charge is 2.49. The van der Waals surface area contributed by atoms with E-state index < -0.39 is 32.9 Å². The van der Waals surface area contributed by atoms with Crippen LogP contribution in [0.2, 0.25) is 0 Å². The summed E-state index contributed by atoms with van der Waals surface area (Å²) in [7, 11) is -5.09. The van der Waals surface area contributed by atoms with Crippen molar-refractivity contribution in [2.24, 2.45) is 0 Å². The topological polar surface area (TPSA) is 69.7 Å². The average molecular weight is 302 g/mol. The van der Waals surface area contributed by atoms with Gasteiger partial charge in [0.25, 0.3) is 0 Å². The Hall–Kier alpha value is -1.84. The minimum atomic E-state index is -6.03. The Bertz CT molecular complexity index is 593. The maximum Gasteiger partial charge on any atom is 0.534 e. The zero-order valence-electron chi connectivity index (χ0n) is 9.19. The van der Waals surface area contributed by atoms with Crippen molar-refractivity contribution in [3.63, 3.8) is 0 Å². The summed E-state index contributed by atoms with van der Waals surface area (Å²) >= 11 is 0. The lowest BCUT2D eigenvalue weighted by Gasteiger charge is -2.13. The van der Waals surface area contributed by atoms with E-state index in [1.165, 1.54) is 0 Å². The number of ether oxygens (including phenoxy) is 1. The number of carbonyl (C=O) groups excluding carboxylic acids is 1. The summed E-state index contributed by atoms with van der Waals surface area (Å²) in [5.74, 6) is -3.41. The molecule has 1 aromatic rings. The summed E-state index contributed by atoms with van der Waals surface area (Å²) in [6.07, 6.45) is 0.202. The number of hydrogen-bond donors (Lipinski definition) is 0. The van der Waals surface area contributed by atoms with Gasteiger partial charge in [-0.3, -0.25) is 4.79 Å². The lowest BCUT2D eigenvalue weighted by Crippen LogP contribution is -2.28. The van der Waals surface area contributed by atoms with E-state index >= 15 is 0 Å². The molecule has 0 aromatic heterocycles. The fourth-order valence-corrected chi connectivity index (χ4v) is 1.52. The molecule has 106 valence electrons. The highest BCUT2D eigenvalue weighted by molar-refractivity contribution is 7.88. The molecule has 0 N–H and O–H groups in total. The van der Waals surface area contributed by atoms with Gasteiger partial charge in [-0.15, -0.1) is 0 Å². The van der Waals surface area contributed by atoms with E-state index in [4.69, 9.17) is 0 Å². The maximum absolute atomic E-state index is 13.4. The minimum absolute atomic E-state index is 0.202. The molecule has 19 heavy (non-hydrogen) atoms. The summed E-state index contributed by atoms with van der Waals surface area (Å²) in [4.78, 5) is 10.4. The Morgan fingerprint density at radius 3 is 2.26 bits per heavy atom. The molecule has 0 heterocycles. The molecule has 0 bridgehead atoms. The molecule has 0 spiro atoms. The van der Waals surface area contributed by atoms with Gasteiger partial charge in [0, 0.05) is 5.56 Å². The van der Waals surface area contributed by atoms with Gasteiger partial charge in [-0.1, -0.05) is 0 Å². The van der Waals surface area contributed by atoms with Gasteiger partial charge in [0.2, 0.25) is 5.75 Å². The molecule has 0 aliphatic rings. The number of hydrogen-bond acceptors (Lipinski definition) is 5. The van der Waals surface area contributed by atoms with Gasteiger partial charge in [-0.05, 0) is 12.1 Å². The lowest BCUT2D eigenvalue weighted by atomic mass is 10.2. The van der Waals surface area contributed by atoms with E-state index in [9.17, 15) is 30.8 Å². The van der Waals surface area contributed by atoms with E-state index in [1.807, 2.05) is 0 Å². The van der Waals surface area contributed by atoms with Crippen LogP contribution in [0.5, 0.6) is 11.5 Å². The molecule has 1 aromatic carbocycles. The van der Waals surface area contributed by atoms with Gasteiger partial charge < -0.3 is 8.92 Å². The minimum Gasteiger partial charge on any atom is -0.493 e. The third-order valence-corrected chi connectivity index (χ3v) is 2.82. The van der Waals surface area contributed by atoms with Gasteiger partial charge in [-0.25, -0.2) is 4.39 Å². The second kappa shape index (κ2) is 5.03. The van der Waals surface area contributed by atoms with Crippen LogP contribution < -0.4 is 8.92 Å². The van der Waals surface area contributed by atoms with E-state index in [1.54, 1.807) is 0 Å². The van der Waals surface area contributed by atoms with Gasteiger partial charge >= 0.3 is 15.6 Å². The van der Waals surface area contributed by atoms with Crippen LogP contribution in [0.25, 0.3) is 0 Å². The van der Waals surface area contributed by atoms with Crippen molar-refractivity contribution in [2.45, 2.75) is 5.51 Å². The van der Waals surface area contributed by atoms with Crippen LogP contribution in [0.4, 0.5) is 17.6 Å². The molecule has 0 aliphatic heterocycles. The predicted octanol–water partition coefficient (Wildman–Crippen LogP) is 1.88. The zero-order valence-corrected chi connectivity index (χ0v) is 10.0. The van der Waals surface area contributed by atoms with Crippen LogP contribution in [0, 0.1) is 5.82 Å². The number of alkyl halides is 3. The molecule has 0 saturated carbocycles. The number of carbonyl (C=O) groups is 1. The van der Waals surface area contributed by atoms with Crippen molar-refractivity contribution in [3.8, 4) is 11.5 Å². The van der Waals surface area contributed by atoms with Crippen LogP contribution in [-0.2, 0) is 10.1 Å². The van der Waals surface area contributed by atoms with E-state index in [2.05, 4.69) is 8.92 Å². The van der Waals surface area contributed by atoms with Crippen LogP contribution >= 0.6 is 0 Å². The van der Waals surface area contributed by atoms with E-state index in [-0.39, 0.29) is 11.8 Å². The molecule has 0 atom stereocenters. The van der Waals surface area contributed by atoms with Crippen molar-refractivity contribution in [1.82, 2.24) is 0 Å². The van der Waals surface area contributed by atoms with Gasteiger partial charge in [-0.2, -0.15) is 21.6 Å². The number of benzene rings is 1. The van der Waals surface area contributed by atoms with Crippen LogP contribution in [0.3, 0.4) is 0 Å². The largest absolute Gasteiger partial charge is 0.534 e. The first kappa shape index (κ1) is 15.2. The second-order valence-electron chi connectivity index (χ2n) is 3.14. The Labute approximate surface area is 104 Å². The Balaban J connectivity index is 3.33. The number of rotatable bonds is 4. The van der Waals surface area contributed by atoms with Gasteiger partial charge in [0.05, 0.1) is 7.11 Å². The molecule has 0 unspecified atom stereocenters. The number of halogens is 4. The smallest absolute Gasteiger partial charge is 0.493 e. The van der Waals surface area contributed by atoms with E-state index in [0.29, 0.717) is 6.07 Å². The highest BCUT2D eigenvalue weighted by atomic mass is 32.2. The SMILES string of the molecule is COc1cc(C=O)cc(F)c1OS(=O)(=O)C(F)(F)F. The first-order valence-corrected chi connectivity index (χ1v) is 5.86. The fraction of sp³-hybridized carbons (Fsp3) is 0.222. The van der Waals surface area contributed by atoms with Crippen molar-refractivity contribution in [1.29, 1.82) is 0 Å². The van der Waals surface area contributed by atoms with Gasteiger partial charge in [0.15, 0.2) is 11.6 Å². The summed E-state index contributed by atoms with van der Waals surface area (Å²) in [6, 6.07) is 1.34. The van der Waals surface area contributed by atoms with Crippen LogP contribution in [0.1, 0.15) is 10.4 Å². The molecule has 0 amide bonds. The van der Waals surface area contributed by atoms with Crippen molar-refractivity contribution in [2.75, 3.05) is 7.11 Å². The molecule has 0 saturated heterocycles. The van der Waals surface area contributed by atoms with E-state index in [0.717, 1.165) is 13.2 Å². The fourth-order valence-electron chi connectivity index (χ4n) is 1.05. The summed E-state index contributed by atoms with van der Waals surface area (Å²) < 4.78 is 79.3. The molecule has 5 nitrogen and oxygen atoms in total. The summed E-state index contributed by atoms with van der Waals surface area (Å²) in [5.41, 5.74) is -5.97. The first-order valence-electron chi connectivity index (χ1n) is 4.46. The Kier molecular flexibility index (Phi) is 4.03. The van der Waals surface area contributed by atoms with Gasteiger partial charge in [0.1, 0.15) is 6.29 Å². The summed E-state index contributed by atoms with van der Waals surface area (Å²) in [5, 5.41) is 0. The zero-order chi connectivity index (χ0) is 14.8. The van der Waals surface area contributed by atoms with Crippen molar-refractivity contribution < 1.29 is 39.7 Å². The molecule has 1 rings (SSSR count). The predicted molar refractivity (Wildman–Crippen MR) is 53.9 cm³/mol. The average Bonchev–Trinajstić information content (AvgIpc) is 2.29. The molecule has 0 aliphatic carbocycles. The van der Waals surface area contributed by atoms with Crippen LogP contribution in [-0.4, -0.2) is 27.3 Å². The number of methoxy groups -OCH3 is 1. The molecular weight excluding hydrogens is 296 g/mol. The molecular formula is C9H6F4O5S. The molecule has 10 heteroatoms. The second-order valence-corrected chi connectivity index (χ2v) is 4.67. The third-order valence-electron chi connectivity index (χ3n) is 1.86. The van der Waals surface area contributed by atoms with Crippen molar-refractivity contribution >= 4 is 16.4 Å². The standard InChI is InChI=1S/C9H6F4O5S/c1-17-7-3-5(4-14)2-6(10)8(7)18-19(15,16)9(11,12)13/h2-4H,1H3. The first-order chi connectivity index (χ1) is 8.62. The molecule has 0 fully saturated rings. The quantitative estimate of drug-likeness (QED) is 0.367. The lowest BCUT2D eigenvalue weighted by molar-refractivity contribution is -0.0501. The van der Waals surface area contributed by atoms with Crippen LogP contribution in [0.15, 0.2) is 12.1 Å². The highest BCUT2D eigenvalue weighted by Crippen LogP contribution is 2.35. The normalized spacial score (nSPS) is 12.1. The van der Waals surface area contributed by atoms with Crippen molar-refractivity contribution in [3.05, 3.63) is 23.5 Å². The Morgan fingerprint density at radius 1 is 1.26 bits per heavy atom. The summed E-state index contributed by atoms with van der Waals surface area (Å²) in [6.45, 7) is 0. The Morgan fingerprint density at radius 2 is 1.84 bits per heavy atom. The molecule has 0 radical (unpaired) electrons. The monoisotopic (exact) mass is 302 g/mol. The maximum atomic E-state index is 13.4. The third kappa shape index (κ3) is 3.13.